The van der Waals surface area contributed by atoms with Crippen LogP contribution in [-0.4, -0.2) is 38.9 Å². The predicted molar refractivity (Wildman–Crippen MR) is 95.9 cm³/mol. The summed E-state index contributed by atoms with van der Waals surface area (Å²) in [5.74, 6) is 0.709. The number of carbonyl (C=O) groups excluding carboxylic acids is 1. The molecule has 3 aromatic rings. The average Bonchev–Trinajstić information content (AvgIpc) is 3.16. The molecule has 0 aromatic carbocycles. The first-order chi connectivity index (χ1) is 13.0. The number of nitrogen functional groups attached to an aromatic ring is 1. The van der Waals surface area contributed by atoms with Crippen molar-refractivity contribution in [3.8, 4) is 11.5 Å². The maximum Gasteiger partial charge on any atom is 0.287 e. The van der Waals surface area contributed by atoms with Crippen LogP contribution < -0.4 is 16.4 Å². The van der Waals surface area contributed by atoms with E-state index in [0.29, 0.717) is 30.3 Å². The summed E-state index contributed by atoms with van der Waals surface area (Å²) in [6, 6.07) is 6.13. The van der Waals surface area contributed by atoms with Gasteiger partial charge in [-0.3, -0.25) is 14.9 Å². The zero-order chi connectivity index (χ0) is 19.2. The van der Waals surface area contributed by atoms with Crippen LogP contribution in [0, 0.1) is 10.1 Å². The predicted octanol–water partition coefficient (Wildman–Crippen LogP) is 1.46. The molecule has 0 fully saturated rings. The summed E-state index contributed by atoms with van der Waals surface area (Å²) < 4.78 is 5.28. The molecule has 11 heteroatoms. The molecule has 11 nitrogen and oxygen atoms in total. The average molecular weight is 369 g/mol. The minimum absolute atomic E-state index is 0.0907. The summed E-state index contributed by atoms with van der Waals surface area (Å²) in [7, 11) is 0. The second kappa shape index (κ2) is 7.91. The monoisotopic (exact) mass is 369 g/mol. The smallest absolute Gasteiger partial charge is 0.287 e. The van der Waals surface area contributed by atoms with Crippen LogP contribution in [0.3, 0.4) is 0 Å². The summed E-state index contributed by atoms with van der Waals surface area (Å²) in [4.78, 5) is 34.1. The van der Waals surface area contributed by atoms with Crippen LogP contribution >= 0.6 is 0 Å². The molecule has 0 saturated carbocycles. The van der Waals surface area contributed by atoms with E-state index in [0.717, 1.165) is 6.20 Å². The van der Waals surface area contributed by atoms with Gasteiger partial charge in [-0.2, -0.15) is 0 Å². The molecule has 138 valence electrons. The molecular weight excluding hydrogens is 354 g/mol. The molecule has 1 amide bonds. The number of carbonyl (C=O) groups is 1. The molecule has 0 saturated heterocycles. The van der Waals surface area contributed by atoms with Gasteiger partial charge in [-0.25, -0.2) is 15.0 Å². The van der Waals surface area contributed by atoms with Gasteiger partial charge in [0, 0.05) is 25.4 Å². The molecule has 0 unspecified atom stereocenters. The van der Waals surface area contributed by atoms with Crippen molar-refractivity contribution in [3.63, 3.8) is 0 Å². The Balaban J connectivity index is 1.48. The Morgan fingerprint density at radius 2 is 2.04 bits per heavy atom. The molecule has 3 aromatic heterocycles. The molecule has 0 bridgehead atoms. The Hall–Kier alpha value is -4.02. The van der Waals surface area contributed by atoms with Gasteiger partial charge in [-0.05, 0) is 18.2 Å². The SMILES string of the molecule is Nc1ccc(-c2nc(C(=O)NCCNc3ccc([N+](=O)[O-])cn3)co2)cn1. The summed E-state index contributed by atoms with van der Waals surface area (Å²) in [5.41, 5.74) is 6.17. The van der Waals surface area contributed by atoms with Gasteiger partial charge in [0.1, 0.15) is 24.1 Å². The normalized spacial score (nSPS) is 10.4. The minimum Gasteiger partial charge on any atom is -0.444 e. The van der Waals surface area contributed by atoms with Gasteiger partial charge < -0.3 is 20.8 Å². The summed E-state index contributed by atoms with van der Waals surface area (Å²) in [6.45, 7) is 0.673. The van der Waals surface area contributed by atoms with Crippen molar-refractivity contribution < 1.29 is 14.1 Å². The fraction of sp³-hybridized carbons (Fsp3) is 0.125. The highest BCUT2D eigenvalue weighted by atomic mass is 16.6. The van der Waals surface area contributed by atoms with Crippen LogP contribution in [0.2, 0.25) is 0 Å². The molecule has 0 aliphatic heterocycles. The number of hydrogen-bond acceptors (Lipinski definition) is 9. The van der Waals surface area contributed by atoms with Crippen molar-refractivity contribution >= 4 is 23.2 Å². The van der Waals surface area contributed by atoms with Crippen LogP contribution in [0.4, 0.5) is 17.3 Å². The first-order valence-electron chi connectivity index (χ1n) is 7.83. The number of nitrogens with two attached hydrogens (primary N) is 1. The van der Waals surface area contributed by atoms with Crippen molar-refractivity contribution in [1.82, 2.24) is 20.3 Å². The molecule has 0 atom stereocenters. The lowest BCUT2D eigenvalue weighted by Gasteiger charge is -2.05. The molecule has 0 spiro atoms. The molecule has 0 aliphatic rings. The number of rotatable bonds is 7. The first-order valence-corrected chi connectivity index (χ1v) is 7.83. The first kappa shape index (κ1) is 17.8. The Labute approximate surface area is 152 Å². The zero-order valence-electron chi connectivity index (χ0n) is 14.0. The van der Waals surface area contributed by atoms with E-state index < -0.39 is 10.8 Å². The molecule has 27 heavy (non-hydrogen) atoms. The van der Waals surface area contributed by atoms with Crippen molar-refractivity contribution in [2.45, 2.75) is 0 Å². The van der Waals surface area contributed by atoms with E-state index in [2.05, 4.69) is 25.6 Å². The number of hydrogen-bond donors (Lipinski definition) is 3. The van der Waals surface area contributed by atoms with E-state index >= 15 is 0 Å². The Morgan fingerprint density at radius 1 is 1.19 bits per heavy atom. The lowest BCUT2D eigenvalue weighted by atomic mass is 10.3. The molecule has 0 radical (unpaired) electrons. The third-order valence-corrected chi connectivity index (χ3v) is 3.45. The summed E-state index contributed by atoms with van der Waals surface area (Å²) in [5, 5.41) is 16.2. The van der Waals surface area contributed by atoms with Gasteiger partial charge in [0.2, 0.25) is 5.89 Å². The van der Waals surface area contributed by atoms with Crippen molar-refractivity contribution in [1.29, 1.82) is 0 Å². The Morgan fingerprint density at radius 3 is 2.70 bits per heavy atom. The second-order valence-corrected chi connectivity index (χ2v) is 5.35. The largest absolute Gasteiger partial charge is 0.444 e. The number of nitro groups is 1. The quantitative estimate of drug-likeness (QED) is 0.318. The van der Waals surface area contributed by atoms with E-state index in [4.69, 9.17) is 10.2 Å². The maximum absolute atomic E-state index is 12.1. The number of aromatic nitrogens is 3. The van der Waals surface area contributed by atoms with Crippen LogP contribution in [0.15, 0.2) is 47.3 Å². The third kappa shape index (κ3) is 4.54. The standard InChI is InChI=1S/C16H15N7O4/c17-13-3-1-10(7-20-13)16-22-12(9-27-16)15(24)19-6-5-18-14-4-2-11(8-21-14)23(25)26/h1-4,7-9H,5-6H2,(H2,17,20)(H,18,21)(H,19,24). The fourth-order valence-electron chi connectivity index (χ4n) is 2.10. The van der Waals surface area contributed by atoms with Crippen LogP contribution in [-0.2, 0) is 0 Å². The fourth-order valence-corrected chi connectivity index (χ4v) is 2.10. The minimum atomic E-state index is -0.524. The number of pyridine rings is 2. The number of anilines is 2. The molecule has 3 heterocycles. The topological polar surface area (TPSA) is 162 Å². The van der Waals surface area contributed by atoms with Gasteiger partial charge in [0.25, 0.3) is 11.6 Å². The lowest BCUT2D eigenvalue weighted by molar-refractivity contribution is -0.385. The van der Waals surface area contributed by atoms with E-state index in [1.165, 1.54) is 24.6 Å². The Kier molecular flexibility index (Phi) is 5.21. The van der Waals surface area contributed by atoms with Gasteiger partial charge in [0.05, 0.1) is 10.5 Å². The van der Waals surface area contributed by atoms with E-state index in [-0.39, 0.29) is 17.3 Å². The van der Waals surface area contributed by atoms with Crippen LogP contribution in [0.5, 0.6) is 0 Å². The number of amides is 1. The molecular formula is C16H15N7O4. The summed E-state index contributed by atoms with van der Waals surface area (Å²) in [6.07, 6.45) is 3.92. The van der Waals surface area contributed by atoms with Gasteiger partial charge in [0.15, 0.2) is 5.69 Å². The molecule has 3 rings (SSSR count). The second-order valence-electron chi connectivity index (χ2n) is 5.35. The zero-order valence-corrected chi connectivity index (χ0v) is 14.0. The third-order valence-electron chi connectivity index (χ3n) is 3.45. The maximum atomic E-state index is 12.1. The van der Waals surface area contributed by atoms with E-state index in [1.807, 2.05) is 0 Å². The highest BCUT2D eigenvalue weighted by Gasteiger charge is 2.13. The molecule has 4 N–H and O–H groups in total. The number of nitrogens with zero attached hydrogens (tertiary/aromatic N) is 4. The van der Waals surface area contributed by atoms with Gasteiger partial charge >= 0.3 is 0 Å². The van der Waals surface area contributed by atoms with Crippen LogP contribution in [0.25, 0.3) is 11.5 Å². The van der Waals surface area contributed by atoms with E-state index in [1.54, 1.807) is 12.1 Å². The highest BCUT2D eigenvalue weighted by molar-refractivity contribution is 5.92. The van der Waals surface area contributed by atoms with Gasteiger partial charge in [-0.15, -0.1) is 0 Å². The number of nitrogens with one attached hydrogen (secondary N) is 2. The Bertz CT molecular complexity index is 938. The highest BCUT2D eigenvalue weighted by Crippen LogP contribution is 2.18. The number of oxazole rings is 1. The van der Waals surface area contributed by atoms with Gasteiger partial charge in [-0.1, -0.05) is 0 Å². The molecule has 0 aliphatic carbocycles. The summed E-state index contributed by atoms with van der Waals surface area (Å²) >= 11 is 0. The van der Waals surface area contributed by atoms with Crippen molar-refractivity contribution in [3.05, 3.63) is 58.7 Å². The van der Waals surface area contributed by atoms with Crippen molar-refractivity contribution in [2.24, 2.45) is 0 Å². The van der Waals surface area contributed by atoms with E-state index in [9.17, 15) is 14.9 Å². The van der Waals surface area contributed by atoms with Crippen molar-refractivity contribution in [2.75, 3.05) is 24.1 Å². The van der Waals surface area contributed by atoms with Crippen LogP contribution in [0.1, 0.15) is 10.5 Å². The lowest BCUT2D eigenvalue weighted by Crippen LogP contribution is -2.29.